The van der Waals surface area contributed by atoms with Crippen LogP contribution in [0.5, 0.6) is 0 Å². The summed E-state index contributed by atoms with van der Waals surface area (Å²) < 4.78 is 2.04. The molecule has 1 saturated heterocycles. The number of para-hydroxylation sites is 2. The van der Waals surface area contributed by atoms with E-state index >= 15 is 0 Å². The highest BCUT2D eigenvalue weighted by Crippen LogP contribution is 2.29. The van der Waals surface area contributed by atoms with Crippen LogP contribution < -0.4 is 5.32 Å². The monoisotopic (exact) mass is 370 g/mol. The lowest BCUT2D eigenvalue weighted by molar-refractivity contribution is -0.132. The zero-order chi connectivity index (χ0) is 19.9. The summed E-state index contributed by atoms with van der Waals surface area (Å²) in [6.07, 6.45) is 0.274. The van der Waals surface area contributed by atoms with Gasteiger partial charge in [-0.3, -0.25) is 9.59 Å². The van der Waals surface area contributed by atoms with Gasteiger partial charge in [0.2, 0.25) is 11.8 Å². The molecule has 1 fully saturated rings. The van der Waals surface area contributed by atoms with Crippen molar-refractivity contribution >= 4 is 22.8 Å². The third-order valence-electron chi connectivity index (χ3n) is 5.37. The van der Waals surface area contributed by atoms with E-state index < -0.39 is 0 Å². The number of carbonyl (C=O) groups is 2. The van der Waals surface area contributed by atoms with E-state index in [1.807, 2.05) is 56.7 Å². The van der Waals surface area contributed by atoms with E-state index in [0.717, 1.165) is 16.9 Å². The number of hydrogen-bond donors (Lipinski definition) is 1. The van der Waals surface area contributed by atoms with Gasteiger partial charge in [-0.1, -0.05) is 26.0 Å². The van der Waals surface area contributed by atoms with E-state index in [1.54, 1.807) is 4.90 Å². The summed E-state index contributed by atoms with van der Waals surface area (Å²) in [6, 6.07) is 7.76. The first-order valence-electron chi connectivity index (χ1n) is 9.61. The zero-order valence-corrected chi connectivity index (χ0v) is 17.1. The van der Waals surface area contributed by atoms with Crippen LogP contribution in [0.15, 0.2) is 24.3 Å². The molecule has 1 aliphatic heterocycles. The maximum atomic E-state index is 13.0. The Morgan fingerprint density at radius 2 is 1.93 bits per heavy atom. The number of aryl methyl sites for hydroxylation is 1. The van der Waals surface area contributed by atoms with E-state index in [9.17, 15) is 9.59 Å². The SMILES string of the molecule is CC(C)[C@@H](NC(=O)[C@@H]1CC(=O)N(C(C)(C)C)C1)c1nc2ccccc2n1C. The second kappa shape index (κ2) is 6.98. The number of hydrogen-bond acceptors (Lipinski definition) is 3. The number of nitrogens with one attached hydrogen (secondary N) is 1. The smallest absolute Gasteiger partial charge is 0.226 e. The molecule has 0 saturated carbocycles. The van der Waals surface area contributed by atoms with Crippen molar-refractivity contribution in [3.05, 3.63) is 30.1 Å². The maximum absolute atomic E-state index is 13.0. The van der Waals surface area contributed by atoms with Gasteiger partial charge >= 0.3 is 0 Å². The van der Waals surface area contributed by atoms with Crippen LogP contribution in [-0.4, -0.2) is 38.3 Å². The summed E-state index contributed by atoms with van der Waals surface area (Å²) in [5, 5.41) is 3.17. The van der Waals surface area contributed by atoms with Gasteiger partial charge in [0.1, 0.15) is 5.82 Å². The molecular weight excluding hydrogens is 340 g/mol. The van der Waals surface area contributed by atoms with Crippen molar-refractivity contribution in [2.24, 2.45) is 18.9 Å². The van der Waals surface area contributed by atoms with E-state index in [1.165, 1.54) is 0 Å². The molecule has 2 heterocycles. The fourth-order valence-corrected chi connectivity index (χ4v) is 3.77. The third-order valence-corrected chi connectivity index (χ3v) is 5.37. The lowest BCUT2D eigenvalue weighted by atomic mass is 10.0. The van der Waals surface area contributed by atoms with Crippen LogP contribution in [-0.2, 0) is 16.6 Å². The topological polar surface area (TPSA) is 67.2 Å². The molecule has 1 aliphatic rings. The minimum Gasteiger partial charge on any atom is -0.346 e. The zero-order valence-electron chi connectivity index (χ0n) is 17.1. The van der Waals surface area contributed by atoms with E-state index in [2.05, 4.69) is 19.2 Å². The van der Waals surface area contributed by atoms with Crippen molar-refractivity contribution in [1.29, 1.82) is 0 Å². The highest BCUT2D eigenvalue weighted by Gasteiger charge is 2.40. The highest BCUT2D eigenvalue weighted by atomic mass is 16.2. The predicted molar refractivity (Wildman–Crippen MR) is 106 cm³/mol. The number of fused-ring (bicyclic) bond motifs is 1. The number of nitrogens with zero attached hydrogens (tertiary/aromatic N) is 3. The van der Waals surface area contributed by atoms with Crippen LogP contribution >= 0.6 is 0 Å². The first-order chi connectivity index (χ1) is 12.6. The van der Waals surface area contributed by atoms with Crippen LogP contribution in [0.1, 0.15) is 52.9 Å². The number of amides is 2. The normalized spacial score (nSPS) is 19.1. The van der Waals surface area contributed by atoms with Gasteiger partial charge < -0.3 is 14.8 Å². The number of rotatable bonds is 4. The van der Waals surface area contributed by atoms with Crippen molar-refractivity contribution in [2.75, 3.05) is 6.54 Å². The number of carbonyl (C=O) groups excluding carboxylic acids is 2. The standard InChI is InChI=1S/C21H30N4O2/c1-13(2)18(19-22-15-9-7-8-10-16(15)24(19)6)23-20(27)14-11-17(26)25(12-14)21(3,4)5/h7-10,13-14,18H,11-12H2,1-6H3,(H,23,27)/t14-,18-/m1/s1. The quantitative estimate of drug-likeness (QED) is 0.899. The lowest BCUT2D eigenvalue weighted by Crippen LogP contribution is -2.43. The molecule has 2 aromatic rings. The maximum Gasteiger partial charge on any atom is 0.226 e. The Bertz CT molecular complexity index is 863. The molecule has 6 heteroatoms. The largest absolute Gasteiger partial charge is 0.346 e. The molecule has 27 heavy (non-hydrogen) atoms. The molecule has 0 spiro atoms. The Hall–Kier alpha value is -2.37. The highest BCUT2D eigenvalue weighted by molar-refractivity contribution is 5.89. The predicted octanol–water partition coefficient (Wildman–Crippen LogP) is 3.03. The van der Waals surface area contributed by atoms with Gasteiger partial charge in [0.05, 0.1) is 23.0 Å². The molecule has 3 rings (SSSR count). The Morgan fingerprint density at radius 1 is 1.26 bits per heavy atom. The van der Waals surface area contributed by atoms with Crippen molar-refractivity contribution in [3.63, 3.8) is 0 Å². The second-order valence-corrected chi connectivity index (χ2v) is 8.82. The summed E-state index contributed by atoms with van der Waals surface area (Å²) in [5.74, 6) is 0.692. The Morgan fingerprint density at radius 3 is 2.48 bits per heavy atom. The van der Waals surface area contributed by atoms with Gasteiger partial charge in [-0.15, -0.1) is 0 Å². The molecular formula is C21H30N4O2. The van der Waals surface area contributed by atoms with Crippen LogP contribution in [0.4, 0.5) is 0 Å². The lowest BCUT2D eigenvalue weighted by Gasteiger charge is -2.32. The molecule has 2 atom stereocenters. The van der Waals surface area contributed by atoms with E-state index in [-0.39, 0.29) is 41.7 Å². The van der Waals surface area contributed by atoms with Gasteiger partial charge in [-0.25, -0.2) is 4.98 Å². The molecule has 0 unspecified atom stereocenters. The van der Waals surface area contributed by atoms with Crippen LogP contribution in [0.25, 0.3) is 11.0 Å². The average Bonchev–Trinajstić information content (AvgIpc) is 3.13. The van der Waals surface area contributed by atoms with Crippen molar-refractivity contribution in [1.82, 2.24) is 19.8 Å². The van der Waals surface area contributed by atoms with E-state index in [4.69, 9.17) is 4.98 Å². The minimum atomic E-state index is -0.312. The fraction of sp³-hybridized carbons (Fsp3) is 0.571. The molecule has 0 bridgehead atoms. The van der Waals surface area contributed by atoms with Crippen LogP contribution in [0.3, 0.4) is 0 Å². The molecule has 0 aliphatic carbocycles. The second-order valence-electron chi connectivity index (χ2n) is 8.82. The van der Waals surface area contributed by atoms with Gasteiger partial charge in [0.25, 0.3) is 0 Å². The molecule has 146 valence electrons. The molecule has 0 radical (unpaired) electrons. The van der Waals surface area contributed by atoms with Crippen molar-refractivity contribution < 1.29 is 9.59 Å². The van der Waals surface area contributed by atoms with Crippen LogP contribution in [0, 0.1) is 11.8 Å². The number of benzene rings is 1. The Kier molecular flexibility index (Phi) is 5.02. The number of imidazole rings is 1. The van der Waals surface area contributed by atoms with Gasteiger partial charge in [0.15, 0.2) is 0 Å². The minimum absolute atomic E-state index is 0.0477. The Labute approximate surface area is 160 Å². The summed E-state index contributed by atoms with van der Waals surface area (Å²) in [4.78, 5) is 31.8. The number of aromatic nitrogens is 2. The van der Waals surface area contributed by atoms with Crippen molar-refractivity contribution in [3.8, 4) is 0 Å². The number of likely N-dealkylation sites (tertiary alicyclic amines) is 1. The third kappa shape index (κ3) is 3.70. The Balaban J connectivity index is 1.82. The van der Waals surface area contributed by atoms with Crippen molar-refractivity contribution in [2.45, 2.75) is 52.6 Å². The summed E-state index contributed by atoms with van der Waals surface area (Å²) >= 11 is 0. The molecule has 1 aromatic heterocycles. The van der Waals surface area contributed by atoms with E-state index in [0.29, 0.717) is 6.54 Å². The fourth-order valence-electron chi connectivity index (χ4n) is 3.77. The average molecular weight is 370 g/mol. The molecule has 1 N–H and O–H groups in total. The molecule has 1 aromatic carbocycles. The first kappa shape index (κ1) is 19.4. The molecule has 2 amide bonds. The first-order valence-corrected chi connectivity index (χ1v) is 9.61. The van der Waals surface area contributed by atoms with Gasteiger partial charge in [-0.05, 0) is 38.8 Å². The summed E-state index contributed by atoms with van der Waals surface area (Å²) in [7, 11) is 1.98. The summed E-state index contributed by atoms with van der Waals surface area (Å²) in [5.41, 5.74) is 1.70. The van der Waals surface area contributed by atoms with Gasteiger partial charge in [0, 0.05) is 25.6 Å². The van der Waals surface area contributed by atoms with Gasteiger partial charge in [-0.2, -0.15) is 0 Å². The summed E-state index contributed by atoms with van der Waals surface area (Å²) in [6.45, 7) is 10.6. The molecule has 6 nitrogen and oxygen atoms in total. The van der Waals surface area contributed by atoms with Crippen LogP contribution in [0.2, 0.25) is 0 Å².